The molecule has 0 spiro atoms. The molecule has 2 amide bonds. The van der Waals surface area contributed by atoms with Crippen molar-refractivity contribution in [3.63, 3.8) is 0 Å². The molecule has 0 bridgehead atoms. The molecule has 8 heteroatoms. The first kappa shape index (κ1) is 18.7. The minimum absolute atomic E-state index is 0.239. The number of urea groups is 1. The Morgan fingerprint density at radius 2 is 1.93 bits per heavy atom. The van der Waals surface area contributed by atoms with Gasteiger partial charge in [-0.3, -0.25) is 0 Å². The lowest BCUT2D eigenvalue weighted by molar-refractivity contribution is 0.236. The minimum Gasteiger partial charge on any atom is -0.492 e. The molecule has 0 saturated carbocycles. The summed E-state index contributed by atoms with van der Waals surface area (Å²) >= 11 is 5.82. The van der Waals surface area contributed by atoms with Gasteiger partial charge in [0, 0.05) is 11.6 Å². The SMILES string of the molecule is O=C(NCCOc1ccc(Cl)cc1)NCc1cccc(Cn2cncn2)c1. The van der Waals surface area contributed by atoms with E-state index < -0.39 is 0 Å². The monoisotopic (exact) mass is 385 g/mol. The van der Waals surface area contributed by atoms with Crippen molar-refractivity contribution < 1.29 is 9.53 Å². The van der Waals surface area contributed by atoms with Gasteiger partial charge in [-0.05, 0) is 35.4 Å². The van der Waals surface area contributed by atoms with Gasteiger partial charge >= 0.3 is 6.03 Å². The molecule has 0 aliphatic rings. The molecule has 140 valence electrons. The lowest BCUT2D eigenvalue weighted by Gasteiger charge is -2.10. The highest BCUT2D eigenvalue weighted by Crippen LogP contribution is 2.15. The van der Waals surface area contributed by atoms with Crippen molar-refractivity contribution in [2.75, 3.05) is 13.2 Å². The Balaban J connectivity index is 1.36. The van der Waals surface area contributed by atoms with Gasteiger partial charge in [-0.2, -0.15) is 5.10 Å². The zero-order valence-electron chi connectivity index (χ0n) is 14.6. The van der Waals surface area contributed by atoms with Crippen LogP contribution in [0.2, 0.25) is 5.02 Å². The summed E-state index contributed by atoms with van der Waals surface area (Å²) in [6.07, 6.45) is 3.18. The van der Waals surface area contributed by atoms with Crippen molar-refractivity contribution in [2.45, 2.75) is 13.1 Å². The van der Waals surface area contributed by atoms with Crippen LogP contribution in [0, 0.1) is 0 Å². The smallest absolute Gasteiger partial charge is 0.315 e. The van der Waals surface area contributed by atoms with E-state index in [2.05, 4.69) is 20.7 Å². The van der Waals surface area contributed by atoms with Gasteiger partial charge in [-0.25, -0.2) is 14.5 Å². The van der Waals surface area contributed by atoms with Crippen molar-refractivity contribution in [3.8, 4) is 5.75 Å². The van der Waals surface area contributed by atoms with Crippen LogP contribution in [0.5, 0.6) is 5.75 Å². The molecule has 1 heterocycles. The number of carbonyl (C=O) groups is 1. The molecule has 1 aromatic heterocycles. The number of ether oxygens (including phenoxy) is 1. The molecule has 0 fully saturated rings. The van der Waals surface area contributed by atoms with Crippen LogP contribution in [-0.4, -0.2) is 33.9 Å². The second-order valence-corrected chi connectivity index (χ2v) is 6.26. The number of benzene rings is 2. The van der Waals surface area contributed by atoms with Crippen molar-refractivity contribution >= 4 is 17.6 Å². The zero-order chi connectivity index (χ0) is 18.9. The molecule has 7 nitrogen and oxygen atoms in total. The highest BCUT2D eigenvalue weighted by molar-refractivity contribution is 6.30. The Kier molecular flexibility index (Phi) is 6.65. The number of halogens is 1. The molecule has 3 aromatic rings. The Morgan fingerprint density at radius 3 is 2.70 bits per heavy atom. The van der Waals surface area contributed by atoms with Gasteiger partial charge in [0.15, 0.2) is 0 Å². The zero-order valence-corrected chi connectivity index (χ0v) is 15.4. The molecule has 0 saturated heterocycles. The summed E-state index contributed by atoms with van der Waals surface area (Å²) in [7, 11) is 0. The topological polar surface area (TPSA) is 81.1 Å². The predicted molar refractivity (Wildman–Crippen MR) is 103 cm³/mol. The lowest BCUT2D eigenvalue weighted by atomic mass is 10.1. The second-order valence-electron chi connectivity index (χ2n) is 5.82. The summed E-state index contributed by atoms with van der Waals surface area (Å²) in [6.45, 7) is 1.86. The normalized spacial score (nSPS) is 10.4. The summed E-state index contributed by atoms with van der Waals surface area (Å²) in [5.74, 6) is 0.714. The first-order chi connectivity index (χ1) is 13.2. The maximum absolute atomic E-state index is 11.9. The third kappa shape index (κ3) is 6.31. The maximum Gasteiger partial charge on any atom is 0.315 e. The second kappa shape index (κ2) is 9.59. The summed E-state index contributed by atoms with van der Waals surface area (Å²) in [5, 5.41) is 10.3. The van der Waals surface area contributed by atoms with Crippen LogP contribution in [-0.2, 0) is 13.1 Å². The summed E-state index contributed by atoms with van der Waals surface area (Å²) in [4.78, 5) is 15.8. The standard InChI is InChI=1S/C19H20ClN5O2/c20-17-4-6-18(7-5-17)27-9-8-22-19(26)23-11-15-2-1-3-16(10-15)12-25-14-21-13-24-25/h1-7,10,13-14H,8-9,11-12H2,(H2,22,23,26). The van der Waals surface area contributed by atoms with E-state index in [0.29, 0.717) is 37.0 Å². The van der Waals surface area contributed by atoms with Gasteiger partial charge in [0.2, 0.25) is 0 Å². The van der Waals surface area contributed by atoms with Crippen LogP contribution < -0.4 is 15.4 Å². The van der Waals surface area contributed by atoms with Crippen LogP contribution in [0.25, 0.3) is 0 Å². The van der Waals surface area contributed by atoms with E-state index in [9.17, 15) is 4.79 Å². The van der Waals surface area contributed by atoms with E-state index in [1.54, 1.807) is 35.3 Å². The highest BCUT2D eigenvalue weighted by Gasteiger charge is 2.02. The van der Waals surface area contributed by atoms with E-state index in [1.165, 1.54) is 6.33 Å². The van der Waals surface area contributed by atoms with Crippen LogP contribution >= 0.6 is 11.6 Å². The van der Waals surface area contributed by atoms with Crippen molar-refractivity contribution in [3.05, 3.63) is 77.3 Å². The quantitative estimate of drug-likeness (QED) is 0.584. The van der Waals surface area contributed by atoms with Crippen LogP contribution in [0.3, 0.4) is 0 Å². The van der Waals surface area contributed by atoms with Crippen molar-refractivity contribution in [1.29, 1.82) is 0 Å². The van der Waals surface area contributed by atoms with Crippen molar-refractivity contribution in [2.24, 2.45) is 0 Å². The fraction of sp³-hybridized carbons (Fsp3) is 0.211. The minimum atomic E-state index is -0.239. The number of hydrogen-bond donors (Lipinski definition) is 2. The number of carbonyl (C=O) groups excluding carboxylic acids is 1. The first-order valence-electron chi connectivity index (χ1n) is 8.49. The summed E-state index contributed by atoms with van der Waals surface area (Å²) in [5.41, 5.74) is 2.11. The largest absolute Gasteiger partial charge is 0.492 e. The fourth-order valence-electron chi connectivity index (χ4n) is 2.45. The van der Waals surface area contributed by atoms with E-state index in [0.717, 1.165) is 11.1 Å². The number of amides is 2. The molecule has 2 aromatic carbocycles. The molecule has 27 heavy (non-hydrogen) atoms. The van der Waals surface area contributed by atoms with E-state index in [1.807, 2.05) is 24.3 Å². The third-order valence-electron chi connectivity index (χ3n) is 3.73. The van der Waals surface area contributed by atoms with Gasteiger partial charge in [0.05, 0.1) is 13.1 Å². The Labute approximate surface area is 162 Å². The molecule has 3 rings (SSSR count). The molecule has 2 N–H and O–H groups in total. The van der Waals surface area contributed by atoms with Crippen molar-refractivity contribution in [1.82, 2.24) is 25.4 Å². The molecule has 0 unspecified atom stereocenters. The number of nitrogens with one attached hydrogen (secondary N) is 2. The molecule has 0 atom stereocenters. The number of nitrogens with zero attached hydrogens (tertiary/aromatic N) is 3. The number of rotatable bonds is 8. The highest BCUT2D eigenvalue weighted by atomic mass is 35.5. The average molecular weight is 386 g/mol. The first-order valence-corrected chi connectivity index (χ1v) is 8.87. The van der Waals surface area contributed by atoms with Gasteiger partial charge in [-0.1, -0.05) is 35.9 Å². The molecular weight excluding hydrogens is 366 g/mol. The summed E-state index contributed by atoms with van der Waals surface area (Å²) < 4.78 is 7.28. The Hall–Kier alpha value is -3.06. The van der Waals surface area contributed by atoms with Crippen LogP contribution in [0.4, 0.5) is 4.79 Å². The van der Waals surface area contributed by atoms with Crippen LogP contribution in [0.15, 0.2) is 61.2 Å². The molecular formula is C19H20ClN5O2. The maximum atomic E-state index is 11.9. The Bertz CT molecular complexity index is 853. The van der Waals surface area contributed by atoms with E-state index in [-0.39, 0.29) is 6.03 Å². The van der Waals surface area contributed by atoms with Gasteiger partial charge in [0.1, 0.15) is 25.0 Å². The molecule has 0 radical (unpaired) electrons. The summed E-state index contributed by atoms with van der Waals surface area (Å²) in [6, 6.07) is 14.8. The molecule has 0 aliphatic heterocycles. The van der Waals surface area contributed by atoms with Gasteiger partial charge in [0.25, 0.3) is 0 Å². The number of aromatic nitrogens is 3. The Morgan fingerprint density at radius 1 is 1.11 bits per heavy atom. The average Bonchev–Trinajstić information content (AvgIpc) is 3.18. The van der Waals surface area contributed by atoms with E-state index in [4.69, 9.17) is 16.3 Å². The number of hydrogen-bond acceptors (Lipinski definition) is 4. The van der Waals surface area contributed by atoms with Gasteiger partial charge < -0.3 is 15.4 Å². The molecule has 0 aliphatic carbocycles. The fourth-order valence-corrected chi connectivity index (χ4v) is 2.57. The van der Waals surface area contributed by atoms with Crippen LogP contribution in [0.1, 0.15) is 11.1 Å². The van der Waals surface area contributed by atoms with Gasteiger partial charge in [-0.15, -0.1) is 0 Å². The van der Waals surface area contributed by atoms with E-state index >= 15 is 0 Å². The third-order valence-corrected chi connectivity index (χ3v) is 3.98. The predicted octanol–water partition coefficient (Wildman–Crippen LogP) is 2.86. The lowest BCUT2D eigenvalue weighted by Crippen LogP contribution is -2.37.